The number of nitrogens with two attached hydrogens (primary N) is 1. The molecule has 7 heteroatoms. The Morgan fingerprint density at radius 2 is 2.21 bits per heavy atom. The lowest BCUT2D eigenvalue weighted by Gasteiger charge is -2.11. The molecule has 0 atom stereocenters. The zero-order chi connectivity index (χ0) is 13.6. The minimum absolute atomic E-state index is 0.0239. The third-order valence-corrected chi connectivity index (χ3v) is 3.02. The Kier molecular flexibility index (Phi) is 2.41. The first-order valence-corrected chi connectivity index (χ1v) is 5.75. The monoisotopic (exact) mass is 260 g/mol. The second-order valence-corrected chi connectivity index (χ2v) is 4.42. The van der Waals surface area contributed by atoms with Gasteiger partial charge in [-0.2, -0.15) is 0 Å². The molecule has 0 spiro atoms. The molecule has 3 rings (SSSR count). The smallest absolute Gasteiger partial charge is 0.327 e. The Bertz CT molecular complexity index is 679. The number of hydrogen-bond acceptors (Lipinski definition) is 5. The molecule has 1 aliphatic heterocycles. The molecule has 2 heterocycles. The van der Waals surface area contributed by atoms with Crippen molar-refractivity contribution in [1.82, 2.24) is 14.8 Å². The highest BCUT2D eigenvalue weighted by Crippen LogP contribution is 2.22. The van der Waals surface area contributed by atoms with Gasteiger partial charge in [-0.15, -0.1) is 0 Å². The molecule has 1 aromatic carbocycles. The predicted molar refractivity (Wildman–Crippen MR) is 67.0 cm³/mol. The highest BCUT2D eigenvalue weighted by atomic mass is 16.3. The lowest BCUT2D eigenvalue weighted by atomic mass is 10.3. The Morgan fingerprint density at radius 3 is 2.84 bits per heavy atom. The molecule has 19 heavy (non-hydrogen) atoms. The van der Waals surface area contributed by atoms with Crippen molar-refractivity contribution in [3.63, 3.8) is 0 Å². The van der Waals surface area contributed by atoms with E-state index in [0.717, 1.165) is 4.90 Å². The number of rotatable bonds is 2. The quantitative estimate of drug-likeness (QED) is 0.637. The number of nitrogen functional groups attached to an aromatic ring is 1. The van der Waals surface area contributed by atoms with E-state index >= 15 is 0 Å². The van der Waals surface area contributed by atoms with E-state index in [-0.39, 0.29) is 25.0 Å². The standard InChI is InChI=1S/C12H12N4O3/c1-15-6-10(17)16(12(15)18)5-9-14-11-7(13)3-2-4-8(11)19-9/h2-4H,5-6,13H2,1H3. The third-order valence-electron chi connectivity index (χ3n) is 3.02. The normalized spacial score (nSPS) is 15.8. The molecule has 0 aliphatic carbocycles. The molecule has 1 fully saturated rings. The Balaban J connectivity index is 1.92. The molecule has 1 aromatic heterocycles. The van der Waals surface area contributed by atoms with Gasteiger partial charge in [0, 0.05) is 7.05 Å². The van der Waals surface area contributed by atoms with Crippen LogP contribution in [-0.4, -0.2) is 40.3 Å². The molecule has 3 amide bonds. The van der Waals surface area contributed by atoms with E-state index in [1.807, 2.05) is 0 Å². The number of benzene rings is 1. The highest BCUT2D eigenvalue weighted by molar-refractivity contribution is 6.01. The molecule has 0 saturated carbocycles. The Morgan fingerprint density at radius 1 is 1.42 bits per heavy atom. The van der Waals surface area contributed by atoms with E-state index in [0.29, 0.717) is 22.7 Å². The van der Waals surface area contributed by atoms with Crippen LogP contribution in [0.4, 0.5) is 10.5 Å². The largest absolute Gasteiger partial charge is 0.439 e. The van der Waals surface area contributed by atoms with Gasteiger partial charge in [-0.25, -0.2) is 9.78 Å². The number of fused-ring (bicyclic) bond motifs is 1. The number of anilines is 1. The number of aromatic nitrogens is 1. The van der Waals surface area contributed by atoms with Crippen LogP contribution in [0.5, 0.6) is 0 Å². The molecule has 98 valence electrons. The van der Waals surface area contributed by atoms with Crippen LogP contribution in [0, 0.1) is 0 Å². The lowest BCUT2D eigenvalue weighted by molar-refractivity contribution is -0.125. The summed E-state index contributed by atoms with van der Waals surface area (Å²) in [7, 11) is 1.57. The number of carbonyl (C=O) groups is 2. The fourth-order valence-corrected chi connectivity index (χ4v) is 2.04. The molecule has 2 aromatic rings. The number of nitrogens with zero attached hydrogens (tertiary/aromatic N) is 3. The summed E-state index contributed by atoms with van der Waals surface area (Å²) in [4.78, 5) is 30.1. The van der Waals surface area contributed by atoms with Crippen LogP contribution in [-0.2, 0) is 11.3 Å². The minimum Gasteiger partial charge on any atom is -0.439 e. The Hall–Kier alpha value is -2.57. The molecule has 0 bridgehead atoms. The van der Waals surface area contributed by atoms with Gasteiger partial charge in [0.05, 0.1) is 5.69 Å². The van der Waals surface area contributed by atoms with Crippen LogP contribution in [0.2, 0.25) is 0 Å². The second kappa shape index (κ2) is 3.98. The minimum atomic E-state index is -0.347. The van der Waals surface area contributed by atoms with Crippen molar-refractivity contribution in [1.29, 1.82) is 0 Å². The van der Waals surface area contributed by atoms with Gasteiger partial charge in [-0.1, -0.05) is 6.07 Å². The van der Waals surface area contributed by atoms with Gasteiger partial charge in [0.25, 0.3) is 5.91 Å². The van der Waals surface area contributed by atoms with Crippen molar-refractivity contribution >= 4 is 28.7 Å². The maximum Gasteiger partial charge on any atom is 0.327 e. The maximum absolute atomic E-state index is 11.7. The predicted octanol–water partition coefficient (Wildman–Crippen LogP) is 0.804. The van der Waals surface area contributed by atoms with Gasteiger partial charge < -0.3 is 15.1 Å². The van der Waals surface area contributed by atoms with E-state index in [4.69, 9.17) is 10.2 Å². The van der Waals surface area contributed by atoms with Crippen LogP contribution in [0.1, 0.15) is 5.89 Å². The van der Waals surface area contributed by atoms with Crippen LogP contribution in [0.25, 0.3) is 11.1 Å². The van der Waals surface area contributed by atoms with Crippen LogP contribution >= 0.6 is 0 Å². The van der Waals surface area contributed by atoms with E-state index in [1.165, 1.54) is 4.90 Å². The topological polar surface area (TPSA) is 92.7 Å². The molecular weight excluding hydrogens is 248 g/mol. The molecular formula is C12H12N4O3. The molecule has 2 N–H and O–H groups in total. The van der Waals surface area contributed by atoms with Crippen LogP contribution in [0.3, 0.4) is 0 Å². The number of likely N-dealkylation sites (N-methyl/N-ethyl adjacent to an activating group) is 1. The maximum atomic E-state index is 11.7. The Labute approximate surface area is 108 Å². The fraction of sp³-hybridized carbons (Fsp3) is 0.250. The van der Waals surface area contributed by atoms with Crippen LogP contribution < -0.4 is 5.73 Å². The molecule has 7 nitrogen and oxygen atoms in total. The number of oxazole rings is 1. The van der Waals surface area contributed by atoms with Gasteiger partial charge >= 0.3 is 6.03 Å². The van der Waals surface area contributed by atoms with Crippen molar-refractivity contribution in [3.05, 3.63) is 24.1 Å². The second-order valence-electron chi connectivity index (χ2n) is 4.42. The average Bonchev–Trinajstić information content (AvgIpc) is 2.88. The number of para-hydroxylation sites is 1. The highest BCUT2D eigenvalue weighted by Gasteiger charge is 2.34. The van der Waals surface area contributed by atoms with Gasteiger partial charge in [0.2, 0.25) is 5.89 Å². The van der Waals surface area contributed by atoms with E-state index in [1.54, 1.807) is 25.2 Å². The van der Waals surface area contributed by atoms with Crippen LogP contribution in [0.15, 0.2) is 22.6 Å². The van der Waals surface area contributed by atoms with E-state index in [9.17, 15) is 9.59 Å². The molecule has 0 radical (unpaired) electrons. The first kappa shape index (κ1) is 11.5. The zero-order valence-corrected chi connectivity index (χ0v) is 10.3. The van der Waals surface area contributed by atoms with E-state index in [2.05, 4.69) is 4.98 Å². The first-order valence-electron chi connectivity index (χ1n) is 5.75. The number of carbonyl (C=O) groups excluding carboxylic acids is 2. The number of imide groups is 1. The lowest BCUT2D eigenvalue weighted by Crippen LogP contribution is -2.31. The average molecular weight is 260 g/mol. The summed E-state index contributed by atoms with van der Waals surface area (Å²) in [5.41, 5.74) is 7.37. The first-order chi connectivity index (χ1) is 9.06. The van der Waals surface area contributed by atoms with Crippen molar-refractivity contribution in [3.8, 4) is 0 Å². The molecule has 0 unspecified atom stereocenters. The summed E-state index contributed by atoms with van der Waals surface area (Å²) in [5, 5.41) is 0. The summed E-state index contributed by atoms with van der Waals surface area (Å²) < 4.78 is 5.49. The fourth-order valence-electron chi connectivity index (χ4n) is 2.04. The van der Waals surface area contributed by atoms with Gasteiger partial charge in [0.15, 0.2) is 5.58 Å². The number of hydrogen-bond donors (Lipinski definition) is 1. The molecule has 1 aliphatic rings. The third kappa shape index (κ3) is 1.79. The van der Waals surface area contributed by atoms with Crippen molar-refractivity contribution in [2.24, 2.45) is 0 Å². The zero-order valence-electron chi connectivity index (χ0n) is 10.3. The van der Waals surface area contributed by atoms with Crippen molar-refractivity contribution in [2.45, 2.75) is 6.54 Å². The van der Waals surface area contributed by atoms with Gasteiger partial charge in [-0.3, -0.25) is 9.69 Å². The SMILES string of the molecule is CN1CC(=O)N(Cc2nc3c(N)cccc3o2)C1=O. The van der Waals surface area contributed by atoms with Gasteiger partial charge in [-0.05, 0) is 12.1 Å². The van der Waals surface area contributed by atoms with Crippen molar-refractivity contribution < 1.29 is 14.0 Å². The summed E-state index contributed by atoms with van der Waals surface area (Å²) in [5.74, 6) is 0.0348. The summed E-state index contributed by atoms with van der Waals surface area (Å²) >= 11 is 0. The van der Waals surface area contributed by atoms with Crippen molar-refractivity contribution in [2.75, 3.05) is 19.3 Å². The van der Waals surface area contributed by atoms with Gasteiger partial charge in [0.1, 0.15) is 18.6 Å². The number of amides is 3. The summed E-state index contributed by atoms with van der Waals surface area (Å²) in [6.45, 7) is 0.108. The number of urea groups is 1. The molecule has 1 saturated heterocycles. The van der Waals surface area contributed by atoms with E-state index < -0.39 is 0 Å². The summed E-state index contributed by atoms with van der Waals surface area (Å²) in [6.07, 6.45) is 0. The summed E-state index contributed by atoms with van der Waals surface area (Å²) in [6, 6.07) is 4.86.